The molecule has 5 heteroatoms. The van der Waals surface area contributed by atoms with Crippen molar-refractivity contribution in [3.8, 4) is 6.07 Å². The number of carbonyl (C=O) groups is 2. The van der Waals surface area contributed by atoms with Gasteiger partial charge in [-0.05, 0) is 17.7 Å². The molecule has 1 aromatic carbocycles. The predicted molar refractivity (Wildman–Crippen MR) is 69.1 cm³/mol. The molecule has 0 aliphatic carbocycles. The molecule has 0 saturated heterocycles. The predicted octanol–water partition coefficient (Wildman–Crippen LogP) is 1.12. The molecule has 1 aromatic rings. The van der Waals surface area contributed by atoms with Crippen LogP contribution in [0.1, 0.15) is 17.5 Å². The van der Waals surface area contributed by atoms with Crippen LogP contribution < -0.4 is 0 Å². The molecular formula is C14H16N2O3. The molecule has 0 aromatic heterocycles. The van der Waals surface area contributed by atoms with Crippen molar-refractivity contribution < 1.29 is 14.3 Å². The van der Waals surface area contributed by atoms with Gasteiger partial charge in [-0.15, -0.1) is 0 Å². The number of methoxy groups -OCH3 is 1. The Bertz CT molecular complexity index is 488. The minimum atomic E-state index is -0.335. The lowest BCUT2D eigenvalue weighted by molar-refractivity contribution is -0.141. The number of amides is 1. The second-order valence-electron chi connectivity index (χ2n) is 4.13. The van der Waals surface area contributed by atoms with Gasteiger partial charge in [-0.3, -0.25) is 9.59 Å². The van der Waals surface area contributed by atoms with Crippen molar-refractivity contribution >= 4 is 11.9 Å². The zero-order chi connectivity index (χ0) is 14.3. The lowest BCUT2D eigenvalue weighted by Crippen LogP contribution is -2.30. The second kappa shape index (κ2) is 7.17. The van der Waals surface area contributed by atoms with Crippen LogP contribution in [0.5, 0.6) is 0 Å². The van der Waals surface area contributed by atoms with Gasteiger partial charge < -0.3 is 9.64 Å². The monoisotopic (exact) mass is 260 g/mol. The average Bonchev–Trinajstić information content (AvgIpc) is 2.44. The van der Waals surface area contributed by atoms with Gasteiger partial charge in [-0.2, -0.15) is 5.26 Å². The molecular weight excluding hydrogens is 244 g/mol. The Labute approximate surface area is 112 Å². The summed E-state index contributed by atoms with van der Waals surface area (Å²) in [7, 11) is 2.97. The molecule has 0 aliphatic rings. The first-order valence-corrected chi connectivity index (χ1v) is 5.86. The number of carbonyl (C=O) groups excluding carboxylic acids is 2. The topological polar surface area (TPSA) is 70.4 Å². The van der Waals surface area contributed by atoms with Crippen LogP contribution in [0.3, 0.4) is 0 Å². The average molecular weight is 260 g/mol. The van der Waals surface area contributed by atoms with Gasteiger partial charge in [0.15, 0.2) is 0 Å². The van der Waals surface area contributed by atoms with Gasteiger partial charge in [0.25, 0.3) is 0 Å². The molecule has 0 bridgehead atoms. The van der Waals surface area contributed by atoms with Gasteiger partial charge >= 0.3 is 5.97 Å². The number of hydrogen-bond acceptors (Lipinski definition) is 4. The van der Waals surface area contributed by atoms with Crippen LogP contribution in [-0.4, -0.2) is 37.5 Å². The SMILES string of the molecule is COC(=O)CCN(C)C(=O)Cc1ccc(C#N)cc1. The summed E-state index contributed by atoms with van der Waals surface area (Å²) < 4.78 is 4.52. The van der Waals surface area contributed by atoms with E-state index in [0.29, 0.717) is 12.1 Å². The lowest BCUT2D eigenvalue weighted by atomic mass is 10.1. The molecule has 0 N–H and O–H groups in total. The van der Waals surface area contributed by atoms with E-state index in [0.717, 1.165) is 5.56 Å². The second-order valence-corrected chi connectivity index (χ2v) is 4.13. The van der Waals surface area contributed by atoms with Gasteiger partial charge in [0, 0.05) is 13.6 Å². The van der Waals surface area contributed by atoms with E-state index in [1.807, 2.05) is 6.07 Å². The number of benzene rings is 1. The summed E-state index contributed by atoms with van der Waals surface area (Å²) in [6, 6.07) is 8.89. The quantitative estimate of drug-likeness (QED) is 0.744. The first-order chi connectivity index (χ1) is 9.06. The van der Waals surface area contributed by atoms with Crippen LogP contribution in [0.4, 0.5) is 0 Å². The van der Waals surface area contributed by atoms with Crippen molar-refractivity contribution in [2.24, 2.45) is 0 Å². The maximum atomic E-state index is 11.9. The lowest BCUT2D eigenvalue weighted by Gasteiger charge is -2.16. The minimum Gasteiger partial charge on any atom is -0.469 e. The summed E-state index contributed by atoms with van der Waals surface area (Å²) in [5.41, 5.74) is 1.41. The van der Waals surface area contributed by atoms with E-state index in [-0.39, 0.29) is 24.7 Å². The van der Waals surface area contributed by atoms with Gasteiger partial charge in [0.2, 0.25) is 5.91 Å². The number of nitriles is 1. The molecule has 0 atom stereocenters. The molecule has 5 nitrogen and oxygen atoms in total. The van der Waals surface area contributed by atoms with Crippen LogP contribution in [0.2, 0.25) is 0 Å². The summed E-state index contributed by atoms with van der Waals surface area (Å²) in [5, 5.41) is 8.68. The third-order valence-electron chi connectivity index (χ3n) is 2.74. The van der Waals surface area contributed by atoms with Crippen LogP contribution in [0.15, 0.2) is 24.3 Å². The third kappa shape index (κ3) is 4.80. The van der Waals surface area contributed by atoms with Gasteiger partial charge in [-0.25, -0.2) is 0 Å². The van der Waals surface area contributed by atoms with Crippen molar-refractivity contribution in [3.05, 3.63) is 35.4 Å². The van der Waals surface area contributed by atoms with E-state index < -0.39 is 0 Å². The Balaban J connectivity index is 2.49. The highest BCUT2D eigenvalue weighted by Gasteiger charge is 2.11. The molecule has 0 radical (unpaired) electrons. The van der Waals surface area contributed by atoms with E-state index in [9.17, 15) is 9.59 Å². The summed E-state index contributed by atoms with van der Waals surface area (Å²) in [6.07, 6.45) is 0.440. The van der Waals surface area contributed by atoms with Crippen molar-refractivity contribution in [1.29, 1.82) is 5.26 Å². The largest absolute Gasteiger partial charge is 0.469 e. The third-order valence-corrected chi connectivity index (χ3v) is 2.74. The summed E-state index contributed by atoms with van der Waals surface area (Å²) in [4.78, 5) is 24.3. The molecule has 0 saturated carbocycles. The highest BCUT2D eigenvalue weighted by molar-refractivity contribution is 5.79. The van der Waals surface area contributed by atoms with Crippen LogP contribution in [-0.2, 0) is 20.7 Å². The van der Waals surface area contributed by atoms with E-state index >= 15 is 0 Å². The fourth-order valence-corrected chi connectivity index (χ4v) is 1.49. The number of likely N-dealkylation sites (N-methyl/N-ethyl adjacent to an activating group) is 1. The van der Waals surface area contributed by atoms with E-state index in [1.165, 1.54) is 12.0 Å². The molecule has 0 fully saturated rings. The van der Waals surface area contributed by atoms with E-state index in [1.54, 1.807) is 31.3 Å². The Kier molecular flexibility index (Phi) is 5.55. The van der Waals surface area contributed by atoms with Crippen LogP contribution in [0.25, 0.3) is 0 Å². The van der Waals surface area contributed by atoms with Gasteiger partial charge in [0.05, 0.1) is 31.6 Å². The zero-order valence-electron chi connectivity index (χ0n) is 11.0. The molecule has 1 rings (SSSR count). The number of nitrogens with zero attached hydrogens (tertiary/aromatic N) is 2. The maximum Gasteiger partial charge on any atom is 0.307 e. The molecule has 0 heterocycles. The minimum absolute atomic E-state index is 0.0754. The van der Waals surface area contributed by atoms with E-state index in [4.69, 9.17) is 5.26 Å². The van der Waals surface area contributed by atoms with Crippen LogP contribution >= 0.6 is 0 Å². The fraction of sp³-hybridized carbons (Fsp3) is 0.357. The molecule has 1 amide bonds. The number of esters is 1. The summed E-state index contributed by atoms with van der Waals surface area (Å²) >= 11 is 0. The fourth-order valence-electron chi connectivity index (χ4n) is 1.49. The first-order valence-electron chi connectivity index (χ1n) is 5.86. The smallest absolute Gasteiger partial charge is 0.307 e. The molecule has 0 unspecified atom stereocenters. The molecule has 0 aliphatic heterocycles. The van der Waals surface area contributed by atoms with Crippen molar-refractivity contribution in [2.75, 3.05) is 20.7 Å². The number of hydrogen-bond donors (Lipinski definition) is 0. The Morgan fingerprint density at radius 1 is 1.32 bits per heavy atom. The Morgan fingerprint density at radius 3 is 2.47 bits per heavy atom. The van der Waals surface area contributed by atoms with Gasteiger partial charge in [-0.1, -0.05) is 12.1 Å². The normalized spacial score (nSPS) is 9.53. The molecule has 19 heavy (non-hydrogen) atoms. The Morgan fingerprint density at radius 2 is 1.95 bits per heavy atom. The highest BCUT2D eigenvalue weighted by atomic mass is 16.5. The maximum absolute atomic E-state index is 11.9. The van der Waals surface area contributed by atoms with Crippen molar-refractivity contribution in [2.45, 2.75) is 12.8 Å². The molecule has 0 spiro atoms. The van der Waals surface area contributed by atoms with E-state index in [2.05, 4.69) is 4.74 Å². The van der Waals surface area contributed by atoms with Crippen LogP contribution in [0, 0.1) is 11.3 Å². The molecule has 100 valence electrons. The Hall–Kier alpha value is -2.35. The van der Waals surface area contributed by atoms with Gasteiger partial charge in [0.1, 0.15) is 0 Å². The zero-order valence-corrected chi connectivity index (χ0v) is 11.0. The highest BCUT2D eigenvalue weighted by Crippen LogP contribution is 2.06. The summed E-state index contributed by atoms with van der Waals surface area (Å²) in [5.74, 6) is -0.411. The van der Waals surface area contributed by atoms with Crippen molar-refractivity contribution in [3.63, 3.8) is 0 Å². The summed E-state index contributed by atoms with van der Waals surface area (Å²) in [6.45, 7) is 0.335. The standard InChI is InChI=1S/C14H16N2O3/c1-16(8-7-14(18)19-2)13(17)9-11-3-5-12(10-15)6-4-11/h3-6H,7-9H2,1-2H3. The van der Waals surface area contributed by atoms with Crippen molar-refractivity contribution in [1.82, 2.24) is 4.90 Å². The first kappa shape index (κ1) is 14.7. The number of rotatable bonds is 5. The number of ether oxygens (including phenoxy) is 1.